The molecule has 2 aromatic carbocycles. The molecule has 3 amide bonds. The molecule has 0 spiro atoms. The number of anilines is 2. The number of rotatable bonds is 5. The molecule has 4 aliphatic rings. The van der Waals surface area contributed by atoms with E-state index in [9.17, 15) is 14.4 Å². The fourth-order valence-corrected chi connectivity index (χ4v) is 9.61. The Balaban J connectivity index is 1.22. The summed E-state index contributed by atoms with van der Waals surface area (Å²) in [5.41, 5.74) is 15.0. The molecule has 2 aromatic rings. The predicted molar refractivity (Wildman–Crippen MR) is 169 cm³/mol. The van der Waals surface area contributed by atoms with Crippen molar-refractivity contribution < 1.29 is 14.4 Å². The lowest BCUT2D eigenvalue weighted by Crippen LogP contribution is -2.53. The molecule has 0 aromatic heterocycles. The van der Waals surface area contributed by atoms with Gasteiger partial charge in [-0.2, -0.15) is 0 Å². The molecule has 0 saturated heterocycles. The second-order valence-electron chi connectivity index (χ2n) is 14.1. The Bertz CT molecular complexity index is 1440. The van der Waals surface area contributed by atoms with Crippen LogP contribution in [0.25, 0.3) is 0 Å². The maximum atomic E-state index is 14.3. The number of imide groups is 1. The number of carbonyl (C=O) groups is 3. The normalized spacial score (nSPS) is 31.1. The molecule has 43 heavy (non-hydrogen) atoms. The predicted octanol–water partition coefficient (Wildman–Crippen LogP) is 4.60. The van der Waals surface area contributed by atoms with Crippen molar-refractivity contribution in [1.82, 2.24) is 10.3 Å². The Morgan fingerprint density at radius 1 is 0.837 bits per heavy atom. The van der Waals surface area contributed by atoms with Crippen LogP contribution in [0.4, 0.5) is 11.4 Å². The van der Waals surface area contributed by atoms with Crippen LogP contribution in [0.1, 0.15) is 87.5 Å². The summed E-state index contributed by atoms with van der Waals surface area (Å²) in [7, 11) is 1.73. The minimum Gasteiger partial charge on any atom is -0.399 e. The summed E-state index contributed by atoms with van der Waals surface area (Å²) < 4.78 is 0. The molecule has 0 aliphatic heterocycles. The van der Waals surface area contributed by atoms with Gasteiger partial charge in [-0.3, -0.25) is 30.6 Å². The average molecular weight is 586 g/mol. The maximum Gasteiger partial charge on any atom is 0.239 e. The Kier molecular flexibility index (Phi) is 7.88. The lowest BCUT2D eigenvalue weighted by molar-refractivity contribution is -0.154. The molecule has 2 saturated carbocycles. The van der Waals surface area contributed by atoms with Gasteiger partial charge in [0.2, 0.25) is 17.7 Å². The monoisotopic (exact) mass is 585 g/mol. The van der Waals surface area contributed by atoms with E-state index in [2.05, 4.69) is 48.9 Å². The quantitative estimate of drug-likeness (QED) is 0.176. The van der Waals surface area contributed by atoms with Crippen LogP contribution in [0.5, 0.6) is 0 Å². The van der Waals surface area contributed by atoms with E-state index >= 15 is 0 Å². The van der Waals surface area contributed by atoms with E-state index in [1.165, 1.54) is 27.2 Å². The minimum absolute atomic E-state index is 0.00437. The fourth-order valence-electron chi connectivity index (χ4n) is 9.61. The number of benzene rings is 2. The van der Waals surface area contributed by atoms with Crippen LogP contribution in [0.2, 0.25) is 0 Å². The van der Waals surface area contributed by atoms with Crippen molar-refractivity contribution in [3.63, 3.8) is 0 Å². The number of aryl methyl sites for hydroxylation is 2. The van der Waals surface area contributed by atoms with Crippen molar-refractivity contribution in [2.24, 2.45) is 29.5 Å². The number of nitrogens with one attached hydrogen (secondary N) is 2. The van der Waals surface area contributed by atoms with Gasteiger partial charge in [0.05, 0.1) is 6.54 Å². The molecule has 6 rings (SSSR count). The molecule has 8 heteroatoms. The van der Waals surface area contributed by atoms with Crippen LogP contribution in [0.3, 0.4) is 0 Å². The largest absolute Gasteiger partial charge is 0.399 e. The lowest BCUT2D eigenvalue weighted by Gasteiger charge is -2.51. The summed E-state index contributed by atoms with van der Waals surface area (Å²) in [6, 6.07) is 12.4. The van der Waals surface area contributed by atoms with Crippen molar-refractivity contribution in [2.75, 3.05) is 24.6 Å². The number of hydrogen-bond acceptors (Lipinski definition) is 6. The molecule has 4 aliphatic carbocycles. The van der Waals surface area contributed by atoms with Crippen molar-refractivity contribution >= 4 is 29.1 Å². The standard InChI is InChI=1S/C35H47N5O3/c1-34-16-4-6-25(27(34)14-10-21-8-12-23(36)18-29(21)34)32(42)40(3)33(43)26-7-5-17-35(2)28(26)15-11-22-9-13-24(19-30(22)35)39-31(41)20-38-37/h8-9,12-13,18-19,25-28,38H,4-7,10-11,14-17,20,36-37H2,1-3H3,(H,39,41). The summed E-state index contributed by atoms with van der Waals surface area (Å²) >= 11 is 0. The topological polar surface area (TPSA) is 131 Å². The third kappa shape index (κ3) is 5.06. The Labute approximate surface area is 255 Å². The molecule has 8 nitrogen and oxygen atoms in total. The van der Waals surface area contributed by atoms with Crippen LogP contribution < -0.4 is 22.3 Å². The van der Waals surface area contributed by atoms with E-state index in [1.54, 1.807) is 7.05 Å². The van der Waals surface area contributed by atoms with Gasteiger partial charge in [-0.15, -0.1) is 0 Å². The SMILES string of the molecule is CN(C(=O)C1CCCC2(C)c3cc(N)ccc3CCC12)C(=O)C1CCCC2(C)c3cc(NC(=O)CNN)ccc3CCC12. The van der Waals surface area contributed by atoms with Crippen LogP contribution in [0, 0.1) is 23.7 Å². The first kappa shape index (κ1) is 29.8. The second kappa shape index (κ2) is 11.4. The van der Waals surface area contributed by atoms with Gasteiger partial charge >= 0.3 is 0 Å². The third-order valence-electron chi connectivity index (χ3n) is 11.8. The minimum atomic E-state index is -0.195. The first-order chi connectivity index (χ1) is 20.6. The first-order valence-corrected chi connectivity index (χ1v) is 16.1. The van der Waals surface area contributed by atoms with E-state index < -0.39 is 0 Å². The first-order valence-electron chi connectivity index (χ1n) is 16.1. The Morgan fingerprint density at radius 3 is 1.93 bits per heavy atom. The van der Waals surface area contributed by atoms with Crippen LogP contribution >= 0.6 is 0 Å². The van der Waals surface area contributed by atoms with Crippen LogP contribution in [-0.2, 0) is 38.1 Å². The zero-order chi connectivity index (χ0) is 30.5. The number of nitrogens with two attached hydrogens (primary N) is 2. The molecule has 6 unspecified atom stereocenters. The van der Waals surface area contributed by atoms with Crippen molar-refractivity contribution in [3.05, 3.63) is 58.7 Å². The van der Waals surface area contributed by atoms with Gasteiger partial charge < -0.3 is 11.1 Å². The van der Waals surface area contributed by atoms with E-state index in [0.717, 1.165) is 75.6 Å². The third-order valence-corrected chi connectivity index (χ3v) is 11.8. The summed E-state index contributed by atoms with van der Waals surface area (Å²) in [4.78, 5) is 42.2. The summed E-state index contributed by atoms with van der Waals surface area (Å²) in [6.07, 6.45) is 9.31. The van der Waals surface area contributed by atoms with Gasteiger partial charge in [-0.1, -0.05) is 38.8 Å². The summed E-state index contributed by atoms with van der Waals surface area (Å²) in [5, 5.41) is 2.94. The number of amides is 3. The number of hydrogen-bond donors (Lipinski definition) is 4. The number of fused-ring (bicyclic) bond motifs is 6. The zero-order valence-electron chi connectivity index (χ0n) is 25.9. The molecule has 6 N–H and O–H groups in total. The molecule has 0 heterocycles. The van der Waals surface area contributed by atoms with Crippen molar-refractivity contribution in [1.29, 1.82) is 0 Å². The number of nitrogen functional groups attached to an aromatic ring is 1. The van der Waals surface area contributed by atoms with E-state index in [1.807, 2.05) is 12.1 Å². The van der Waals surface area contributed by atoms with Gasteiger partial charge in [-0.25, -0.2) is 0 Å². The average Bonchev–Trinajstić information content (AvgIpc) is 2.99. The van der Waals surface area contributed by atoms with Crippen molar-refractivity contribution in [2.45, 2.75) is 88.9 Å². The number of nitrogens with zero attached hydrogens (tertiary/aromatic N) is 1. The number of carbonyl (C=O) groups excluding carboxylic acids is 3. The Hall–Kier alpha value is -3.23. The Morgan fingerprint density at radius 2 is 1.37 bits per heavy atom. The highest BCUT2D eigenvalue weighted by molar-refractivity contribution is 5.97. The zero-order valence-corrected chi connectivity index (χ0v) is 25.9. The van der Waals surface area contributed by atoms with Gasteiger partial charge in [0.1, 0.15) is 0 Å². The highest BCUT2D eigenvalue weighted by Crippen LogP contribution is 2.55. The second-order valence-corrected chi connectivity index (χ2v) is 14.1. The van der Waals surface area contributed by atoms with E-state index in [0.29, 0.717) is 0 Å². The molecule has 0 radical (unpaired) electrons. The van der Waals surface area contributed by atoms with Gasteiger partial charge in [0, 0.05) is 30.3 Å². The summed E-state index contributed by atoms with van der Waals surface area (Å²) in [5.74, 6) is 5.12. The van der Waals surface area contributed by atoms with Gasteiger partial charge in [0.15, 0.2) is 0 Å². The van der Waals surface area contributed by atoms with Gasteiger partial charge in [0.25, 0.3) is 0 Å². The molecule has 2 fully saturated rings. The summed E-state index contributed by atoms with van der Waals surface area (Å²) in [6.45, 7) is 4.63. The smallest absolute Gasteiger partial charge is 0.239 e. The highest BCUT2D eigenvalue weighted by Gasteiger charge is 2.52. The molecule has 230 valence electrons. The molecule has 0 bridgehead atoms. The molecular formula is C35H47N5O3. The molecular weight excluding hydrogens is 538 g/mol. The van der Waals surface area contributed by atoms with Crippen molar-refractivity contribution in [3.8, 4) is 0 Å². The lowest BCUT2D eigenvalue weighted by atomic mass is 9.54. The van der Waals surface area contributed by atoms with Crippen LogP contribution in [0.15, 0.2) is 36.4 Å². The van der Waals surface area contributed by atoms with E-state index in [-0.39, 0.29) is 58.8 Å². The maximum absolute atomic E-state index is 14.3. The number of hydrazine groups is 1. The van der Waals surface area contributed by atoms with Crippen LogP contribution in [-0.4, -0.2) is 36.2 Å². The molecule has 6 atom stereocenters. The van der Waals surface area contributed by atoms with E-state index in [4.69, 9.17) is 11.6 Å². The van der Waals surface area contributed by atoms with Gasteiger partial charge in [-0.05, 0) is 121 Å². The highest BCUT2D eigenvalue weighted by atomic mass is 16.2. The fraction of sp³-hybridized carbons (Fsp3) is 0.571.